The number of nitrogens with one attached hydrogen (secondary N) is 1. The Kier molecular flexibility index (Phi) is 6.03. The van der Waals surface area contributed by atoms with Gasteiger partial charge in [0, 0.05) is 24.9 Å². The lowest BCUT2D eigenvalue weighted by Gasteiger charge is -2.29. The van der Waals surface area contributed by atoms with Gasteiger partial charge in [0.2, 0.25) is 5.95 Å². The fourth-order valence-electron chi connectivity index (χ4n) is 3.94. The number of hydrogen-bond donors (Lipinski definition) is 1. The summed E-state index contributed by atoms with van der Waals surface area (Å²) in [6, 6.07) is 1.86. The molecule has 0 aliphatic heterocycles. The first-order valence-electron chi connectivity index (χ1n) is 10.0. The molecule has 1 saturated carbocycles. The number of alkyl halides is 3. The zero-order valence-electron chi connectivity index (χ0n) is 16.2. The number of fused-ring (bicyclic) bond motifs is 1. The van der Waals surface area contributed by atoms with Crippen LogP contribution in [0.15, 0.2) is 30.2 Å². The quantitative estimate of drug-likeness (QED) is 0.596. The van der Waals surface area contributed by atoms with E-state index in [1.54, 1.807) is 23.3 Å². The van der Waals surface area contributed by atoms with Crippen LogP contribution in [0, 0.1) is 5.92 Å². The van der Waals surface area contributed by atoms with E-state index in [1.165, 1.54) is 11.3 Å². The third-order valence-electron chi connectivity index (χ3n) is 5.50. The van der Waals surface area contributed by atoms with Crippen LogP contribution in [0.3, 0.4) is 0 Å². The highest BCUT2D eigenvalue weighted by atomic mass is 32.1. The van der Waals surface area contributed by atoms with E-state index in [9.17, 15) is 18.0 Å². The molecule has 3 heterocycles. The third-order valence-corrected chi connectivity index (χ3v) is 6.41. The number of hydrogen-bond acceptors (Lipinski definition) is 5. The maximum Gasteiger partial charge on any atom is 0.389 e. The summed E-state index contributed by atoms with van der Waals surface area (Å²) >= 11 is 1.42. The third kappa shape index (κ3) is 4.97. The maximum atomic E-state index is 13.0. The van der Waals surface area contributed by atoms with E-state index in [1.807, 2.05) is 11.4 Å². The second kappa shape index (κ2) is 8.71. The summed E-state index contributed by atoms with van der Waals surface area (Å²) in [7, 11) is 0. The maximum absolute atomic E-state index is 13.0. The van der Waals surface area contributed by atoms with Crippen molar-refractivity contribution >= 4 is 27.5 Å². The topological polar surface area (TPSA) is 72.7 Å². The van der Waals surface area contributed by atoms with E-state index in [4.69, 9.17) is 0 Å². The molecule has 0 spiro atoms. The Morgan fingerprint density at radius 2 is 2.03 bits per heavy atom. The van der Waals surface area contributed by atoms with Crippen molar-refractivity contribution < 1.29 is 18.0 Å². The molecule has 1 fully saturated rings. The van der Waals surface area contributed by atoms with E-state index in [0.717, 1.165) is 30.4 Å². The standard InChI is InChI=1S/C20H22F3N5OS/c21-20(22,23)8-1-2-13-3-5-14(6-4-13)25-18(29)16-17-15(7-11-30-17)26-19(27-16)28-10-9-24-12-28/h7,9-14H,1-6,8H2,(H,25,29). The van der Waals surface area contributed by atoms with E-state index >= 15 is 0 Å². The van der Waals surface area contributed by atoms with Crippen LogP contribution < -0.4 is 5.32 Å². The fourth-order valence-corrected chi connectivity index (χ4v) is 4.76. The molecule has 3 aromatic rings. The smallest absolute Gasteiger partial charge is 0.348 e. The zero-order valence-corrected chi connectivity index (χ0v) is 17.0. The van der Waals surface area contributed by atoms with Crippen LogP contribution in [0.1, 0.15) is 55.4 Å². The molecule has 0 bridgehead atoms. The molecule has 0 radical (unpaired) electrons. The first-order chi connectivity index (χ1) is 14.4. The lowest BCUT2D eigenvalue weighted by molar-refractivity contribution is -0.136. The number of imidazole rings is 1. The molecule has 160 valence electrons. The van der Waals surface area contributed by atoms with Crippen molar-refractivity contribution in [2.75, 3.05) is 0 Å². The van der Waals surface area contributed by atoms with Gasteiger partial charge in [0.1, 0.15) is 6.33 Å². The molecule has 10 heteroatoms. The highest BCUT2D eigenvalue weighted by Gasteiger charge is 2.28. The first kappa shape index (κ1) is 20.8. The highest BCUT2D eigenvalue weighted by molar-refractivity contribution is 7.17. The van der Waals surface area contributed by atoms with E-state index < -0.39 is 12.6 Å². The van der Waals surface area contributed by atoms with Gasteiger partial charge in [-0.05, 0) is 49.5 Å². The minimum Gasteiger partial charge on any atom is -0.348 e. The normalized spacial score (nSPS) is 19.8. The van der Waals surface area contributed by atoms with Gasteiger partial charge < -0.3 is 5.32 Å². The van der Waals surface area contributed by atoms with Crippen LogP contribution in [-0.4, -0.2) is 37.6 Å². The second-order valence-corrected chi connectivity index (χ2v) is 8.59. The molecule has 4 rings (SSSR count). The SMILES string of the molecule is O=C(NC1CCC(CCCC(F)(F)F)CC1)c1nc(-n2ccnc2)nc2ccsc12. The Balaban J connectivity index is 1.38. The minimum absolute atomic E-state index is 0.0121. The van der Waals surface area contributed by atoms with Gasteiger partial charge in [-0.25, -0.2) is 15.0 Å². The number of carbonyl (C=O) groups is 1. The van der Waals surface area contributed by atoms with E-state index in [-0.39, 0.29) is 18.4 Å². The average Bonchev–Trinajstić information content (AvgIpc) is 3.39. The number of nitrogens with zero attached hydrogens (tertiary/aromatic N) is 4. The molecular weight excluding hydrogens is 415 g/mol. The average molecular weight is 437 g/mol. The van der Waals surface area contributed by atoms with Gasteiger partial charge in [-0.2, -0.15) is 13.2 Å². The van der Waals surface area contributed by atoms with Crippen molar-refractivity contribution in [1.82, 2.24) is 24.8 Å². The minimum atomic E-state index is -4.08. The summed E-state index contributed by atoms with van der Waals surface area (Å²) < 4.78 is 39.3. The Morgan fingerprint density at radius 1 is 1.23 bits per heavy atom. The number of carbonyl (C=O) groups excluding carboxylic acids is 1. The molecule has 30 heavy (non-hydrogen) atoms. The summed E-state index contributed by atoms with van der Waals surface area (Å²) in [4.78, 5) is 25.9. The van der Waals surface area contributed by atoms with Crippen molar-refractivity contribution in [1.29, 1.82) is 0 Å². The van der Waals surface area contributed by atoms with Crippen LogP contribution in [0.2, 0.25) is 0 Å². The number of amides is 1. The lowest BCUT2D eigenvalue weighted by Crippen LogP contribution is -2.38. The monoisotopic (exact) mass is 437 g/mol. The van der Waals surface area contributed by atoms with E-state index in [0.29, 0.717) is 29.5 Å². The molecule has 0 saturated heterocycles. The van der Waals surface area contributed by atoms with Crippen LogP contribution in [-0.2, 0) is 0 Å². The summed E-state index contributed by atoms with van der Waals surface area (Å²) in [6.45, 7) is 0. The van der Waals surface area contributed by atoms with Gasteiger partial charge >= 0.3 is 6.18 Å². The molecule has 0 unspecified atom stereocenters. The Bertz CT molecular complexity index is 994. The summed E-state index contributed by atoms with van der Waals surface area (Å²) in [5.41, 5.74) is 1.04. The Labute approximate surface area is 175 Å². The molecule has 3 aromatic heterocycles. The molecule has 0 atom stereocenters. The van der Waals surface area contributed by atoms with Gasteiger partial charge in [0.05, 0.1) is 10.2 Å². The number of rotatable bonds is 6. The van der Waals surface area contributed by atoms with Crippen molar-refractivity contribution in [2.45, 2.75) is 57.2 Å². The Morgan fingerprint density at radius 3 is 2.73 bits per heavy atom. The predicted octanol–water partition coefficient (Wildman–Crippen LogP) is 4.90. The summed E-state index contributed by atoms with van der Waals surface area (Å²) in [5, 5.41) is 4.94. The fraction of sp³-hybridized carbons (Fsp3) is 0.500. The van der Waals surface area contributed by atoms with Crippen molar-refractivity contribution in [3.8, 4) is 5.95 Å². The van der Waals surface area contributed by atoms with Crippen molar-refractivity contribution in [3.63, 3.8) is 0 Å². The van der Waals surface area contributed by atoms with Crippen LogP contribution in [0.25, 0.3) is 16.2 Å². The molecule has 0 aromatic carbocycles. The molecule has 1 amide bonds. The highest BCUT2D eigenvalue weighted by Crippen LogP contribution is 2.31. The molecule has 1 aliphatic carbocycles. The predicted molar refractivity (Wildman–Crippen MR) is 108 cm³/mol. The number of halogens is 3. The van der Waals surface area contributed by atoms with Gasteiger partial charge in [-0.1, -0.05) is 6.42 Å². The van der Waals surface area contributed by atoms with Crippen LogP contribution in [0.5, 0.6) is 0 Å². The van der Waals surface area contributed by atoms with Gasteiger partial charge in [0.25, 0.3) is 5.91 Å². The number of aromatic nitrogens is 4. The molecular formula is C20H22F3N5OS. The van der Waals surface area contributed by atoms with Crippen molar-refractivity contribution in [2.24, 2.45) is 5.92 Å². The first-order valence-corrected chi connectivity index (χ1v) is 10.9. The van der Waals surface area contributed by atoms with E-state index in [2.05, 4.69) is 20.3 Å². The lowest BCUT2D eigenvalue weighted by atomic mass is 9.83. The van der Waals surface area contributed by atoms with Gasteiger partial charge in [-0.15, -0.1) is 11.3 Å². The van der Waals surface area contributed by atoms with Crippen LogP contribution in [0.4, 0.5) is 13.2 Å². The van der Waals surface area contributed by atoms with Gasteiger partial charge in [-0.3, -0.25) is 9.36 Å². The second-order valence-electron chi connectivity index (χ2n) is 7.68. The molecule has 6 nitrogen and oxygen atoms in total. The summed E-state index contributed by atoms with van der Waals surface area (Å²) in [5.74, 6) is 0.444. The molecule has 1 aliphatic rings. The summed E-state index contributed by atoms with van der Waals surface area (Å²) in [6.07, 6.45) is 4.11. The zero-order chi connectivity index (χ0) is 21.1. The van der Waals surface area contributed by atoms with Crippen LogP contribution >= 0.6 is 11.3 Å². The Hall–Kier alpha value is -2.49. The van der Waals surface area contributed by atoms with Crippen molar-refractivity contribution in [3.05, 3.63) is 35.9 Å². The largest absolute Gasteiger partial charge is 0.389 e. The number of thiophene rings is 1. The van der Waals surface area contributed by atoms with Gasteiger partial charge in [0.15, 0.2) is 5.69 Å². The molecule has 1 N–H and O–H groups in total.